The summed E-state index contributed by atoms with van der Waals surface area (Å²) in [5.41, 5.74) is 0.942. The Morgan fingerprint density at radius 3 is 3.28 bits per heavy atom. The fraction of sp³-hybridized carbons (Fsp3) is 0.692. The molecule has 2 unspecified atom stereocenters. The van der Waals surface area contributed by atoms with E-state index in [1.807, 2.05) is 4.57 Å². The van der Waals surface area contributed by atoms with Crippen LogP contribution in [0.25, 0.3) is 0 Å². The zero-order chi connectivity index (χ0) is 12.8. The van der Waals surface area contributed by atoms with Crippen LogP contribution >= 0.6 is 0 Å². The van der Waals surface area contributed by atoms with Crippen LogP contribution in [0.3, 0.4) is 0 Å². The summed E-state index contributed by atoms with van der Waals surface area (Å²) in [5, 5.41) is 12.5. The standard InChI is InChI=1S/C13H20N4O/c1-2-5-17-10-15-9-13(17)12(7-14)16-8-11-4-3-6-18-11/h9-12,16H,2-6,8H2,1H3. The molecule has 1 N–H and O–H groups in total. The topological polar surface area (TPSA) is 62.9 Å². The third-order valence-corrected chi connectivity index (χ3v) is 3.21. The Morgan fingerprint density at radius 2 is 2.61 bits per heavy atom. The zero-order valence-corrected chi connectivity index (χ0v) is 10.8. The van der Waals surface area contributed by atoms with Crippen LogP contribution in [0.4, 0.5) is 0 Å². The summed E-state index contributed by atoms with van der Waals surface area (Å²) >= 11 is 0. The van der Waals surface area contributed by atoms with Crippen LogP contribution in [-0.2, 0) is 11.3 Å². The van der Waals surface area contributed by atoms with Gasteiger partial charge in [-0.3, -0.25) is 5.32 Å². The normalized spacial score (nSPS) is 20.8. The number of ether oxygens (including phenoxy) is 1. The second kappa shape index (κ2) is 6.53. The lowest BCUT2D eigenvalue weighted by atomic mass is 10.2. The van der Waals surface area contributed by atoms with Crippen LogP contribution in [0.1, 0.15) is 37.9 Å². The van der Waals surface area contributed by atoms with Gasteiger partial charge in [0.2, 0.25) is 0 Å². The molecule has 18 heavy (non-hydrogen) atoms. The number of aryl methyl sites for hydroxylation is 1. The van der Waals surface area contributed by atoms with Crippen LogP contribution in [0.15, 0.2) is 12.5 Å². The fourth-order valence-electron chi connectivity index (χ4n) is 2.27. The first kappa shape index (κ1) is 13.1. The Hall–Kier alpha value is -1.38. The van der Waals surface area contributed by atoms with Crippen LogP contribution in [-0.4, -0.2) is 28.8 Å². The molecule has 0 bridgehead atoms. The molecular formula is C13H20N4O. The summed E-state index contributed by atoms with van der Waals surface area (Å²) in [5.74, 6) is 0. The van der Waals surface area contributed by atoms with Gasteiger partial charge in [0, 0.05) is 19.7 Å². The Balaban J connectivity index is 1.94. The average Bonchev–Trinajstić information content (AvgIpc) is 3.02. The lowest BCUT2D eigenvalue weighted by molar-refractivity contribution is 0.108. The van der Waals surface area contributed by atoms with Gasteiger partial charge < -0.3 is 9.30 Å². The van der Waals surface area contributed by atoms with E-state index >= 15 is 0 Å². The summed E-state index contributed by atoms with van der Waals surface area (Å²) in [7, 11) is 0. The molecule has 2 heterocycles. The van der Waals surface area contributed by atoms with Crippen molar-refractivity contribution in [2.24, 2.45) is 0 Å². The minimum Gasteiger partial charge on any atom is -0.377 e. The van der Waals surface area contributed by atoms with Gasteiger partial charge in [0.25, 0.3) is 0 Å². The molecule has 0 saturated carbocycles. The molecule has 1 saturated heterocycles. The van der Waals surface area contributed by atoms with E-state index < -0.39 is 0 Å². The number of nitrogens with zero attached hydrogens (tertiary/aromatic N) is 3. The predicted molar refractivity (Wildman–Crippen MR) is 67.8 cm³/mol. The van der Waals surface area contributed by atoms with E-state index in [0.29, 0.717) is 0 Å². The van der Waals surface area contributed by atoms with Crippen molar-refractivity contribution >= 4 is 0 Å². The van der Waals surface area contributed by atoms with Crippen LogP contribution in [0, 0.1) is 11.3 Å². The molecule has 0 aromatic carbocycles. The van der Waals surface area contributed by atoms with Crippen molar-refractivity contribution in [2.75, 3.05) is 13.2 Å². The number of nitrogens with one attached hydrogen (secondary N) is 1. The van der Waals surface area contributed by atoms with Crippen molar-refractivity contribution in [2.45, 2.75) is 44.9 Å². The van der Waals surface area contributed by atoms with E-state index in [1.54, 1.807) is 12.5 Å². The fourth-order valence-corrected chi connectivity index (χ4v) is 2.27. The van der Waals surface area contributed by atoms with Crippen molar-refractivity contribution < 1.29 is 4.74 Å². The van der Waals surface area contributed by atoms with Crippen LogP contribution in [0.2, 0.25) is 0 Å². The summed E-state index contributed by atoms with van der Waals surface area (Å²) in [4.78, 5) is 4.13. The molecule has 1 aliphatic heterocycles. The molecule has 0 spiro atoms. The number of hydrogen-bond donors (Lipinski definition) is 1. The second-order valence-electron chi connectivity index (χ2n) is 4.62. The molecule has 0 amide bonds. The predicted octanol–water partition coefficient (Wildman–Crippen LogP) is 1.63. The molecule has 1 aromatic heterocycles. The second-order valence-corrected chi connectivity index (χ2v) is 4.62. The summed E-state index contributed by atoms with van der Waals surface area (Å²) in [6.45, 7) is 4.59. The number of aromatic nitrogens is 2. The highest BCUT2D eigenvalue weighted by atomic mass is 16.5. The minimum absolute atomic E-state index is 0.253. The van der Waals surface area contributed by atoms with Crippen molar-refractivity contribution in [3.05, 3.63) is 18.2 Å². The molecule has 1 fully saturated rings. The van der Waals surface area contributed by atoms with Gasteiger partial charge in [-0.25, -0.2) is 4.98 Å². The Labute approximate surface area is 108 Å². The molecule has 2 atom stereocenters. The molecule has 1 aromatic rings. The highest BCUT2D eigenvalue weighted by Crippen LogP contribution is 2.15. The monoisotopic (exact) mass is 248 g/mol. The van der Waals surface area contributed by atoms with E-state index in [2.05, 4.69) is 23.3 Å². The van der Waals surface area contributed by atoms with Gasteiger partial charge in [-0.1, -0.05) is 6.92 Å². The third kappa shape index (κ3) is 3.09. The summed E-state index contributed by atoms with van der Waals surface area (Å²) in [6, 6.07) is 2.00. The SMILES string of the molecule is CCCn1cncc1C(C#N)NCC1CCCO1. The zero-order valence-electron chi connectivity index (χ0n) is 10.8. The van der Waals surface area contributed by atoms with Gasteiger partial charge >= 0.3 is 0 Å². The van der Waals surface area contributed by atoms with Crippen LogP contribution < -0.4 is 5.32 Å². The van der Waals surface area contributed by atoms with Gasteiger partial charge in [-0.2, -0.15) is 5.26 Å². The first-order valence-corrected chi connectivity index (χ1v) is 6.59. The lowest BCUT2D eigenvalue weighted by Crippen LogP contribution is -2.30. The Kier molecular flexibility index (Phi) is 4.73. The highest BCUT2D eigenvalue weighted by Gasteiger charge is 2.19. The van der Waals surface area contributed by atoms with Gasteiger partial charge in [-0.15, -0.1) is 0 Å². The van der Waals surface area contributed by atoms with Gasteiger partial charge in [0.05, 0.1) is 30.4 Å². The maximum Gasteiger partial charge on any atom is 0.138 e. The van der Waals surface area contributed by atoms with E-state index in [1.165, 1.54) is 0 Å². The lowest BCUT2D eigenvalue weighted by Gasteiger charge is -2.16. The molecule has 0 radical (unpaired) electrons. The average molecular weight is 248 g/mol. The number of hydrogen-bond acceptors (Lipinski definition) is 4. The third-order valence-electron chi connectivity index (χ3n) is 3.21. The van der Waals surface area contributed by atoms with E-state index in [9.17, 15) is 5.26 Å². The van der Waals surface area contributed by atoms with Gasteiger partial charge in [-0.05, 0) is 19.3 Å². The number of nitriles is 1. The Bertz CT molecular complexity index is 403. The molecular weight excluding hydrogens is 228 g/mol. The quantitative estimate of drug-likeness (QED) is 0.831. The highest BCUT2D eigenvalue weighted by molar-refractivity contribution is 5.13. The van der Waals surface area contributed by atoms with E-state index in [0.717, 1.165) is 44.7 Å². The first-order chi connectivity index (χ1) is 8.85. The van der Waals surface area contributed by atoms with Crippen molar-refractivity contribution in [1.29, 1.82) is 5.26 Å². The molecule has 1 aliphatic rings. The van der Waals surface area contributed by atoms with Gasteiger partial charge in [0.1, 0.15) is 6.04 Å². The molecule has 98 valence electrons. The van der Waals surface area contributed by atoms with E-state index in [-0.39, 0.29) is 12.1 Å². The van der Waals surface area contributed by atoms with Crippen molar-refractivity contribution in [3.8, 4) is 6.07 Å². The van der Waals surface area contributed by atoms with Crippen LogP contribution in [0.5, 0.6) is 0 Å². The number of imidazole rings is 1. The molecule has 2 rings (SSSR count). The Morgan fingerprint density at radius 1 is 1.72 bits per heavy atom. The van der Waals surface area contributed by atoms with Crippen molar-refractivity contribution in [1.82, 2.24) is 14.9 Å². The molecule has 0 aliphatic carbocycles. The maximum absolute atomic E-state index is 9.27. The summed E-state index contributed by atoms with van der Waals surface area (Å²) < 4.78 is 7.59. The molecule has 5 heteroatoms. The smallest absolute Gasteiger partial charge is 0.138 e. The van der Waals surface area contributed by atoms with E-state index in [4.69, 9.17) is 4.74 Å². The maximum atomic E-state index is 9.27. The minimum atomic E-state index is -0.303. The number of rotatable bonds is 6. The summed E-state index contributed by atoms with van der Waals surface area (Å²) in [6.07, 6.45) is 7.05. The molecule has 5 nitrogen and oxygen atoms in total. The van der Waals surface area contributed by atoms with Crippen molar-refractivity contribution in [3.63, 3.8) is 0 Å². The first-order valence-electron chi connectivity index (χ1n) is 6.59. The van der Waals surface area contributed by atoms with Gasteiger partial charge in [0.15, 0.2) is 0 Å². The largest absolute Gasteiger partial charge is 0.377 e.